The summed E-state index contributed by atoms with van der Waals surface area (Å²) in [6.07, 6.45) is 1.14. The van der Waals surface area contributed by atoms with Gasteiger partial charge in [0.2, 0.25) is 0 Å². The van der Waals surface area contributed by atoms with Crippen molar-refractivity contribution in [3.05, 3.63) is 11.9 Å². The Morgan fingerprint density at radius 2 is 2.11 bits per heavy atom. The van der Waals surface area contributed by atoms with E-state index in [0.717, 1.165) is 37.0 Å². The summed E-state index contributed by atoms with van der Waals surface area (Å²) in [7, 11) is 1.99. The number of aromatic nitrogens is 2. The second-order valence-electron chi connectivity index (χ2n) is 4.98. The van der Waals surface area contributed by atoms with Gasteiger partial charge in [0.05, 0.1) is 0 Å². The maximum atomic E-state index is 5.56. The lowest BCUT2D eigenvalue weighted by atomic mass is 10.1. The fourth-order valence-electron chi connectivity index (χ4n) is 1.64. The molecule has 0 aliphatic heterocycles. The van der Waals surface area contributed by atoms with E-state index >= 15 is 0 Å². The smallest absolute Gasteiger partial charge is 0.134 e. The molecule has 0 unspecified atom stereocenters. The van der Waals surface area contributed by atoms with Crippen LogP contribution in [0.5, 0.6) is 0 Å². The Hall–Kier alpha value is -1.36. The normalized spacial score (nSPS) is 10.8. The maximum absolute atomic E-state index is 5.56. The molecule has 102 valence electrons. The molecule has 18 heavy (non-hydrogen) atoms. The summed E-state index contributed by atoms with van der Waals surface area (Å²) in [6, 6.07) is 1.98. The van der Waals surface area contributed by atoms with Gasteiger partial charge in [0.25, 0.3) is 0 Å². The standard InChI is InChI=1S/C13H25N5/c1-10(2)5-7-15-12-9-13(17-11(3)16-12)18(4)8-6-14/h9-10H,5-8,14H2,1-4H3,(H,15,16,17). The molecule has 5 heteroatoms. The zero-order valence-corrected chi connectivity index (χ0v) is 11.9. The van der Waals surface area contributed by atoms with Crippen molar-refractivity contribution in [1.29, 1.82) is 0 Å². The molecule has 5 nitrogen and oxygen atoms in total. The molecule has 0 atom stereocenters. The molecule has 0 aromatic carbocycles. The van der Waals surface area contributed by atoms with E-state index in [1.54, 1.807) is 0 Å². The summed E-state index contributed by atoms with van der Waals surface area (Å²) in [5.41, 5.74) is 5.56. The highest BCUT2D eigenvalue weighted by atomic mass is 15.2. The molecule has 0 bridgehead atoms. The predicted octanol–water partition coefficient (Wildman–Crippen LogP) is 1.64. The second kappa shape index (κ2) is 7.16. The summed E-state index contributed by atoms with van der Waals surface area (Å²) < 4.78 is 0. The van der Waals surface area contributed by atoms with Crippen molar-refractivity contribution in [3.8, 4) is 0 Å². The molecule has 0 fully saturated rings. The minimum Gasteiger partial charge on any atom is -0.370 e. The Bertz CT molecular complexity index is 364. The molecule has 1 heterocycles. The molecule has 0 amide bonds. The summed E-state index contributed by atoms with van der Waals surface area (Å²) in [6.45, 7) is 8.69. The van der Waals surface area contributed by atoms with Crippen LogP contribution in [0.2, 0.25) is 0 Å². The van der Waals surface area contributed by atoms with Gasteiger partial charge < -0.3 is 16.0 Å². The van der Waals surface area contributed by atoms with E-state index in [2.05, 4.69) is 29.1 Å². The van der Waals surface area contributed by atoms with Crippen molar-refractivity contribution < 1.29 is 0 Å². The molecular weight excluding hydrogens is 226 g/mol. The van der Waals surface area contributed by atoms with Crippen LogP contribution in [0.4, 0.5) is 11.6 Å². The summed E-state index contributed by atoms with van der Waals surface area (Å²) in [4.78, 5) is 10.9. The third kappa shape index (κ3) is 4.87. The Labute approximate surface area is 110 Å². The van der Waals surface area contributed by atoms with Gasteiger partial charge in [0.15, 0.2) is 0 Å². The van der Waals surface area contributed by atoms with Gasteiger partial charge in [0.1, 0.15) is 17.5 Å². The minimum absolute atomic E-state index is 0.621. The molecule has 0 saturated heterocycles. The number of aryl methyl sites for hydroxylation is 1. The van der Waals surface area contributed by atoms with Crippen molar-refractivity contribution in [2.75, 3.05) is 36.9 Å². The molecule has 1 aromatic rings. The van der Waals surface area contributed by atoms with Crippen molar-refractivity contribution in [2.24, 2.45) is 11.7 Å². The number of hydrogen-bond acceptors (Lipinski definition) is 5. The third-order valence-corrected chi connectivity index (χ3v) is 2.71. The van der Waals surface area contributed by atoms with Gasteiger partial charge in [-0.25, -0.2) is 9.97 Å². The van der Waals surface area contributed by atoms with Gasteiger partial charge in [-0.05, 0) is 19.3 Å². The van der Waals surface area contributed by atoms with Gasteiger partial charge in [0, 0.05) is 32.7 Å². The Morgan fingerprint density at radius 1 is 1.39 bits per heavy atom. The molecule has 0 aliphatic carbocycles. The fourth-order valence-corrected chi connectivity index (χ4v) is 1.64. The van der Waals surface area contributed by atoms with Gasteiger partial charge in [-0.2, -0.15) is 0 Å². The predicted molar refractivity (Wildman–Crippen MR) is 77.0 cm³/mol. The summed E-state index contributed by atoms with van der Waals surface area (Å²) in [5, 5.41) is 3.35. The van der Waals surface area contributed by atoms with Crippen LogP contribution in [0.1, 0.15) is 26.1 Å². The van der Waals surface area contributed by atoms with E-state index in [9.17, 15) is 0 Å². The number of rotatable bonds is 7. The Kier molecular flexibility index (Phi) is 5.85. The number of likely N-dealkylation sites (N-methyl/N-ethyl adjacent to an activating group) is 1. The average Bonchev–Trinajstić information content (AvgIpc) is 2.28. The monoisotopic (exact) mass is 251 g/mol. The first-order valence-electron chi connectivity index (χ1n) is 6.53. The highest BCUT2D eigenvalue weighted by Gasteiger charge is 2.06. The van der Waals surface area contributed by atoms with E-state index in [1.807, 2.05) is 24.9 Å². The highest BCUT2D eigenvalue weighted by Crippen LogP contribution is 2.14. The van der Waals surface area contributed by atoms with Crippen LogP contribution in [0.3, 0.4) is 0 Å². The SMILES string of the molecule is Cc1nc(NCCC(C)C)cc(N(C)CCN)n1. The second-order valence-corrected chi connectivity index (χ2v) is 4.98. The number of nitrogens with one attached hydrogen (secondary N) is 1. The molecular formula is C13H25N5. The molecule has 0 saturated carbocycles. The fraction of sp³-hybridized carbons (Fsp3) is 0.692. The molecule has 1 aromatic heterocycles. The zero-order valence-electron chi connectivity index (χ0n) is 11.9. The first kappa shape index (κ1) is 14.7. The molecule has 0 spiro atoms. The maximum Gasteiger partial charge on any atom is 0.134 e. The molecule has 1 rings (SSSR count). The summed E-state index contributed by atoms with van der Waals surface area (Å²) >= 11 is 0. The lowest BCUT2D eigenvalue weighted by Crippen LogP contribution is -2.26. The lowest BCUT2D eigenvalue weighted by Gasteiger charge is -2.18. The van der Waals surface area contributed by atoms with Crippen LogP contribution in [0.15, 0.2) is 6.07 Å². The Balaban J connectivity index is 2.68. The van der Waals surface area contributed by atoms with Gasteiger partial charge in [-0.15, -0.1) is 0 Å². The van der Waals surface area contributed by atoms with Crippen molar-refractivity contribution in [2.45, 2.75) is 27.2 Å². The first-order chi connectivity index (χ1) is 8.52. The van der Waals surface area contributed by atoms with Crippen LogP contribution in [0.25, 0.3) is 0 Å². The van der Waals surface area contributed by atoms with Crippen molar-refractivity contribution >= 4 is 11.6 Å². The van der Waals surface area contributed by atoms with Gasteiger partial charge in [-0.3, -0.25) is 0 Å². The van der Waals surface area contributed by atoms with E-state index in [4.69, 9.17) is 5.73 Å². The third-order valence-electron chi connectivity index (χ3n) is 2.71. The van der Waals surface area contributed by atoms with E-state index < -0.39 is 0 Å². The van der Waals surface area contributed by atoms with Crippen molar-refractivity contribution in [3.63, 3.8) is 0 Å². The molecule has 0 aliphatic rings. The van der Waals surface area contributed by atoms with Gasteiger partial charge >= 0.3 is 0 Å². The highest BCUT2D eigenvalue weighted by molar-refractivity contribution is 5.48. The first-order valence-corrected chi connectivity index (χ1v) is 6.53. The van der Waals surface area contributed by atoms with E-state index in [1.165, 1.54) is 0 Å². The van der Waals surface area contributed by atoms with E-state index in [-0.39, 0.29) is 0 Å². The minimum atomic E-state index is 0.621. The molecule has 3 N–H and O–H groups in total. The van der Waals surface area contributed by atoms with Crippen LogP contribution < -0.4 is 16.0 Å². The van der Waals surface area contributed by atoms with Crippen LogP contribution >= 0.6 is 0 Å². The Morgan fingerprint density at radius 3 is 2.72 bits per heavy atom. The van der Waals surface area contributed by atoms with E-state index in [0.29, 0.717) is 12.5 Å². The zero-order chi connectivity index (χ0) is 13.5. The van der Waals surface area contributed by atoms with Crippen LogP contribution in [-0.4, -0.2) is 36.6 Å². The number of nitrogens with two attached hydrogens (primary N) is 1. The van der Waals surface area contributed by atoms with Crippen molar-refractivity contribution in [1.82, 2.24) is 9.97 Å². The van der Waals surface area contributed by atoms with Crippen LogP contribution in [-0.2, 0) is 0 Å². The largest absolute Gasteiger partial charge is 0.370 e. The lowest BCUT2D eigenvalue weighted by molar-refractivity contribution is 0.606. The summed E-state index contributed by atoms with van der Waals surface area (Å²) in [5.74, 6) is 3.28. The number of nitrogens with zero attached hydrogens (tertiary/aromatic N) is 3. The van der Waals surface area contributed by atoms with Crippen LogP contribution in [0, 0.1) is 12.8 Å². The quantitative estimate of drug-likeness (QED) is 0.771. The van der Waals surface area contributed by atoms with Gasteiger partial charge in [-0.1, -0.05) is 13.8 Å². The number of hydrogen-bond donors (Lipinski definition) is 2. The average molecular weight is 251 g/mol. The molecule has 0 radical (unpaired) electrons. The number of anilines is 2. The topological polar surface area (TPSA) is 67.1 Å².